The van der Waals surface area contributed by atoms with E-state index in [4.69, 9.17) is 4.74 Å². The summed E-state index contributed by atoms with van der Waals surface area (Å²) >= 11 is 1.16. The van der Waals surface area contributed by atoms with Crippen LogP contribution in [0, 0.1) is 5.92 Å². The summed E-state index contributed by atoms with van der Waals surface area (Å²) in [6, 6.07) is 8.91. The minimum Gasteiger partial charge on any atom is -0.494 e. The molecule has 1 fully saturated rings. The van der Waals surface area contributed by atoms with Gasteiger partial charge in [-0.1, -0.05) is 26.0 Å². The first-order chi connectivity index (χ1) is 14.3. The van der Waals surface area contributed by atoms with Gasteiger partial charge in [0.05, 0.1) is 12.6 Å². The molecule has 0 radical (unpaired) electrons. The molecule has 1 aliphatic heterocycles. The van der Waals surface area contributed by atoms with Gasteiger partial charge < -0.3 is 10.1 Å². The summed E-state index contributed by atoms with van der Waals surface area (Å²) < 4.78 is 33.0. The quantitative estimate of drug-likeness (QED) is 0.612. The summed E-state index contributed by atoms with van der Waals surface area (Å²) in [5.74, 6) is 1.03. The third kappa shape index (κ3) is 5.42. The van der Waals surface area contributed by atoms with Crippen LogP contribution in [0.15, 0.2) is 40.6 Å². The normalized spacial score (nSPS) is 16.0. The third-order valence-corrected chi connectivity index (χ3v) is 8.19. The first kappa shape index (κ1) is 22.8. The molecule has 0 aliphatic carbocycles. The topological polar surface area (TPSA) is 75.7 Å². The van der Waals surface area contributed by atoms with Crippen LogP contribution in [0.2, 0.25) is 0 Å². The molecule has 8 heteroatoms. The standard InChI is InChI=1S/C22H30N2O4S2/c1-16(2)10-14-28-19-8-6-18(7-9-19)17(3)23-22(25)21-20(11-15-29-21)30(26,27)24-12-4-5-13-24/h6-9,11,15-17H,4-5,10,12-14H2,1-3H3,(H,23,25). The van der Waals surface area contributed by atoms with E-state index in [0.29, 0.717) is 25.6 Å². The van der Waals surface area contributed by atoms with E-state index >= 15 is 0 Å². The summed E-state index contributed by atoms with van der Waals surface area (Å²) in [5.41, 5.74) is 0.931. The van der Waals surface area contributed by atoms with E-state index < -0.39 is 10.0 Å². The summed E-state index contributed by atoms with van der Waals surface area (Å²) in [6.07, 6.45) is 2.72. The maximum Gasteiger partial charge on any atom is 0.263 e. The third-order valence-electron chi connectivity index (χ3n) is 5.21. The van der Waals surface area contributed by atoms with E-state index in [1.807, 2.05) is 31.2 Å². The molecule has 2 heterocycles. The van der Waals surface area contributed by atoms with E-state index in [0.717, 1.165) is 41.9 Å². The predicted octanol–water partition coefficient (Wildman–Crippen LogP) is 4.45. The number of ether oxygens (including phenoxy) is 1. The van der Waals surface area contributed by atoms with Crippen molar-refractivity contribution in [1.82, 2.24) is 9.62 Å². The van der Waals surface area contributed by atoms with Crippen molar-refractivity contribution in [3.8, 4) is 5.75 Å². The van der Waals surface area contributed by atoms with Crippen LogP contribution in [0.3, 0.4) is 0 Å². The van der Waals surface area contributed by atoms with Crippen LogP contribution in [-0.2, 0) is 10.0 Å². The highest BCUT2D eigenvalue weighted by Crippen LogP contribution is 2.28. The molecule has 1 unspecified atom stereocenters. The number of nitrogens with zero attached hydrogens (tertiary/aromatic N) is 1. The molecule has 0 spiro atoms. The highest BCUT2D eigenvalue weighted by atomic mass is 32.2. The van der Waals surface area contributed by atoms with Gasteiger partial charge in [0.25, 0.3) is 5.91 Å². The zero-order chi connectivity index (χ0) is 21.7. The zero-order valence-electron chi connectivity index (χ0n) is 17.8. The Hall–Kier alpha value is -1.90. The van der Waals surface area contributed by atoms with Gasteiger partial charge in [-0.05, 0) is 61.2 Å². The molecular formula is C22H30N2O4S2. The van der Waals surface area contributed by atoms with Crippen LogP contribution in [0.5, 0.6) is 5.75 Å². The largest absolute Gasteiger partial charge is 0.494 e. The van der Waals surface area contributed by atoms with Crippen LogP contribution in [0.1, 0.15) is 61.3 Å². The second-order valence-electron chi connectivity index (χ2n) is 8.02. The molecule has 1 atom stereocenters. The number of carbonyl (C=O) groups excluding carboxylic acids is 1. The average molecular weight is 451 g/mol. The van der Waals surface area contributed by atoms with Gasteiger partial charge in [-0.3, -0.25) is 4.79 Å². The minimum absolute atomic E-state index is 0.105. The molecule has 0 saturated carbocycles. The number of hydrogen-bond donors (Lipinski definition) is 1. The van der Waals surface area contributed by atoms with Crippen molar-refractivity contribution in [2.24, 2.45) is 5.92 Å². The minimum atomic E-state index is -3.63. The molecule has 6 nitrogen and oxygen atoms in total. The van der Waals surface area contributed by atoms with E-state index in [9.17, 15) is 13.2 Å². The maximum absolute atomic E-state index is 12.9. The zero-order valence-corrected chi connectivity index (χ0v) is 19.4. The lowest BCUT2D eigenvalue weighted by atomic mass is 10.1. The van der Waals surface area contributed by atoms with E-state index in [-0.39, 0.29) is 21.7 Å². The molecule has 1 aliphatic rings. The Kier molecular flexibility index (Phi) is 7.55. The Bertz CT molecular complexity index is 946. The van der Waals surface area contributed by atoms with Crippen molar-refractivity contribution < 1.29 is 17.9 Å². The van der Waals surface area contributed by atoms with Crippen molar-refractivity contribution in [1.29, 1.82) is 0 Å². The maximum atomic E-state index is 12.9. The molecule has 1 saturated heterocycles. The number of thiophene rings is 1. The SMILES string of the molecule is CC(C)CCOc1ccc(C(C)NC(=O)c2sccc2S(=O)(=O)N2CCCC2)cc1. The van der Waals surface area contributed by atoms with Gasteiger partial charge in [0.1, 0.15) is 15.5 Å². The van der Waals surface area contributed by atoms with Crippen LogP contribution < -0.4 is 10.1 Å². The van der Waals surface area contributed by atoms with Gasteiger partial charge in [0.15, 0.2) is 0 Å². The molecule has 164 valence electrons. The number of carbonyl (C=O) groups is 1. The van der Waals surface area contributed by atoms with Gasteiger partial charge >= 0.3 is 0 Å². The Labute approximate surface area is 183 Å². The molecule has 30 heavy (non-hydrogen) atoms. The monoisotopic (exact) mass is 450 g/mol. The van der Waals surface area contributed by atoms with E-state index in [2.05, 4.69) is 19.2 Å². The summed E-state index contributed by atoms with van der Waals surface area (Å²) in [7, 11) is -3.63. The molecule has 3 rings (SSSR count). The molecule has 1 N–H and O–H groups in total. The average Bonchev–Trinajstić information content (AvgIpc) is 3.40. The lowest BCUT2D eigenvalue weighted by Crippen LogP contribution is -2.31. The van der Waals surface area contributed by atoms with Crippen molar-refractivity contribution in [3.05, 3.63) is 46.2 Å². The highest BCUT2D eigenvalue weighted by Gasteiger charge is 2.32. The first-order valence-corrected chi connectivity index (χ1v) is 12.7. The number of rotatable bonds is 9. The van der Waals surface area contributed by atoms with Crippen molar-refractivity contribution >= 4 is 27.3 Å². The van der Waals surface area contributed by atoms with E-state index in [1.165, 1.54) is 10.4 Å². The number of benzene rings is 1. The predicted molar refractivity (Wildman–Crippen MR) is 120 cm³/mol. The molecule has 1 aromatic heterocycles. The van der Waals surface area contributed by atoms with Crippen LogP contribution in [0.4, 0.5) is 0 Å². The smallest absolute Gasteiger partial charge is 0.263 e. The van der Waals surface area contributed by atoms with Gasteiger partial charge in [-0.2, -0.15) is 4.31 Å². The van der Waals surface area contributed by atoms with E-state index in [1.54, 1.807) is 5.38 Å². The number of amides is 1. The lowest BCUT2D eigenvalue weighted by molar-refractivity contribution is 0.0941. The van der Waals surface area contributed by atoms with Crippen molar-refractivity contribution in [2.75, 3.05) is 19.7 Å². The van der Waals surface area contributed by atoms with Gasteiger partial charge in [0.2, 0.25) is 10.0 Å². The Balaban J connectivity index is 1.64. The van der Waals surface area contributed by atoms with Crippen molar-refractivity contribution in [2.45, 2.75) is 51.0 Å². The van der Waals surface area contributed by atoms with Crippen LogP contribution in [0.25, 0.3) is 0 Å². The number of sulfonamides is 1. The fourth-order valence-corrected chi connectivity index (χ4v) is 6.17. The van der Waals surface area contributed by atoms with Crippen LogP contribution in [-0.4, -0.2) is 38.3 Å². The van der Waals surface area contributed by atoms with Gasteiger partial charge in [-0.25, -0.2) is 8.42 Å². The molecule has 1 amide bonds. The summed E-state index contributed by atoms with van der Waals surface area (Å²) in [4.78, 5) is 13.2. The van der Waals surface area contributed by atoms with Gasteiger partial charge in [0, 0.05) is 13.1 Å². The number of hydrogen-bond acceptors (Lipinski definition) is 5. The fourth-order valence-electron chi connectivity index (χ4n) is 3.34. The van der Waals surface area contributed by atoms with Crippen LogP contribution >= 0.6 is 11.3 Å². The molecule has 0 bridgehead atoms. The summed E-state index contributed by atoms with van der Waals surface area (Å²) in [5, 5.41) is 4.59. The molecule has 1 aromatic carbocycles. The first-order valence-electron chi connectivity index (χ1n) is 10.4. The number of nitrogens with one attached hydrogen (secondary N) is 1. The Morgan fingerprint density at radius 3 is 2.43 bits per heavy atom. The van der Waals surface area contributed by atoms with Gasteiger partial charge in [-0.15, -0.1) is 11.3 Å². The molecule has 2 aromatic rings. The lowest BCUT2D eigenvalue weighted by Gasteiger charge is -2.17. The summed E-state index contributed by atoms with van der Waals surface area (Å²) in [6.45, 7) is 7.91. The second-order valence-corrected chi connectivity index (χ2v) is 10.8. The fraction of sp³-hybridized carbons (Fsp3) is 0.500. The second kappa shape index (κ2) is 9.94. The van der Waals surface area contributed by atoms with Crippen molar-refractivity contribution in [3.63, 3.8) is 0 Å². The Morgan fingerprint density at radius 1 is 1.13 bits per heavy atom. The Morgan fingerprint density at radius 2 is 1.80 bits per heavy atom. The highest BCUT2D eigenvalue weighted by molar-refractivity contribution is 7.89. The molecular weight excluding hydrogens is 420 g/mol.